The Morgan fingerprint density at radius 3 is 2.72 bits per heavy atom. The Labute approximate surface area is 148 Å². The zero-order valence-corrected chi connectivity index (χ0v) is 15.0. The lowest BCUT2D eigenvalue weighted by Gasteiger charge is -2.39. The van der Waals surface area contributed by atoms with Crippen LogP contribution in [0, 0.1) is 5.82 Å². The van der Waals surface area contributed by atoms with Crippen LogP contribution in [0.25, 0.3) is 10.9 Å². The SMILES string of the molecule is CC(CN1CCOCC1)N1CCC(c2c[nH]c3cc(F)ccc23)CC1. The number of ether oxygens (including phenoxy) is 1. The van der Waals surface area contributed by atoms with E-state index in [1.54, 1.807) is 12.1 Å². The van der Waals surface area contributed by atoms with Gasteiger partial charge >= 0.3 is 0 Å². The summed E-state index contributed by atoms with van der Waals surface area (Å²) in [6, 6.07) is 5.68. The Balaban J connectivity index is 1.35. The van der Waals surface area contributed by atoms with Crippen molar-refractivity contribution in [1.82, 2.24) is 14.8 Å². The molecule has 1 unspecified atom stereocenters. The number of nitrogens with one attached hydrogen (secondary N) is 1. The fourth-order valence-corrected chi connectivity index (χ4v) is 4.38. The number of halogens is 1. The molecule has 2 fully saturated rings. The molecule has 3 heterocycles. The van der Waals surface area contributed by atoms with Crippen LogP contribution in [0.4, 0.5) is 4.39 Å². The maximum absolute atomic E-state index is 13.4. The molecule has 2 aliphatic heterocycles. The molecule has 0 aliphatic carbocycles. The van der Waals surface area contributed by atoms with E-state index in [9.17, 15) is 4.39 Å². The van der Waals surface area contributed by atoms with Gasteiger partial charge in [-0.05, 0) is 62.5 Å². The van der Waals surface area contributed by atoms with Crippen LogP contribution in [0.1, 0.15) is 31.2 Å². The van der Waals surface area contributed by atoms with Crippen molar-refractivity contribution < 1.29 is 9.13 Å². The molecule has 1 N–H and O–H groups in total. The van der Waals surface area contributed by atoms with Gasteiger partial charge in [-0.2, -0.15) is 0 Å². The lowest BCUT2D eigenvalue weighted by atomic mass is 9.88. The monoisotopic (exact) mass is 345 g/mol. The fraction of sp³-hybridized carbons (Fsp3) is 0.600. The molecule has 0 radical (unpaired) electrons. The van der Waals surface area contributed by atoms with Crippen LogP contribution in [-0.2, 0) is 4.74 Å². The average molecular weight is 345 g/mol. The third kappa shape index (κ3) is 3.73. The molecule has 5 heteroatoms. The van der Waals surface area contributed by atoms with Gasteiger partial charge in [0.05, 0.1) is 13.2 Å². The van der Waals surface area contributed by atoms with E-state index in [0.29, 0.717) is 12.0 Å². The van der Waals surface area contributed by atoms with Gasteiger partial charge in [0.25, 0.3) is 0 Å². The maximum Gasteiger partial charge on any atom is 0.125 e. The van der Waals surface area contributed by atoms with Crippen molar-refractivity contribution in [3.63, 3.8) is 0 Å². The van der Waals surface area contributed by atoms with Crippen molar-refractivity contribution in [3.05, 3.63) is 35.8 Å². The lowest BCUT2D eigenvalue weighted by Crippen LogP contribution is -2.48. The number of aromatic amines is 1. The molecule has 2 aromatic rings. The summed E-state index contributed by atoms with van der Waals surface area (Å²) in [5.74, 6) is 0.402. The first-order valence-electron chi connectivity index (χ1n) is 9.51. The molecule has 1 aromatic carbocycles. The predicted octanol–water partition coefficient (Wildman–Crippen LogP) is 3.21. The number of fused-ring (bicyclic) bond motifs is 1. The minimum absolute atomic E-state index is 0.173. The smallest absolute Gasteiger partial charge is 0.125 e. The van der Waals surface area contributed by atoms with Crippen LogP contribution < -0.4 is 0 Å². The zero-order chi connectivity index (χ0) is 17.2. The molecule has 1 aromatic heterocycles. The molecule has 0 bridgehead atoms. The quantitative estimate of drug-likeness (QED) is 0.923. The van der Waals surface area contributed by atoms with Crippen LogP contribution >= 0.6 is 0 Å². The first-order valence-corrected chi connectivity index (χ1v) is 9.51. The van der Waals surface area contributed by atoms with Gasteiger partial charge in [-0.15, -0.1) is 0 Å². The maximum atomic E-state index is 13.4. The minimum Gasteiger partial charge on any atom is -0.379 e. The summed E-state index contributed by atoms with van der Waals surface area (Å²) in [4.78, 5) is 8.39. The zero-order valence-electron chi connectivity index (χ0n) is 15.0. The highest BCUT2D eigenvalue weighted by molar-refractivity contribution is 5.83. The van der Waals surface area contributed by atoms with Crippen LogP contribution in [0.2, 0.25) is 0 Å². The summed E-state index contributed by atoms with van der Waals surface area (Å²) in [5, 5.41) is 1.18. The number of likely N-dealkylation sites (tertiary alicyclic amines) is 1. The average Bonchev–Trinajstić information content (AvgIpc) is 3.05. The molecule has 0 saturated carbocycles. The summed E-state index contributed by atoms with van der Waals surface area (Å²) in [7, 11) is 0. The molecule has 1 atom stereocenters. The molecule has 4 nitrogen and oxygen atoms in total. The number of hydrogen-bond acceptors (Lipinski definition) is 3. The Hall–Kier alpha value is -1.43. The number of aromatic nitrogens is 1. The van der Waals surface area contributed by atoms with Crippen LogP contribution in [0.3, 0.4) is 0 Å². The van der Waals surface area contributed by atoms with Crippen molar-refractivity contribution in [2.24, 2.45) is 0 Å². The van der Waals surface area contributed by atoms with Crippen molar-refractivity contribution in [3.8, 4) is 0 Å². The van der Waals surface area contributed by atoms with E-state index in [4.69, 9.17) is 4.74 Å². The van der Waals surface area contributed by atoms with Crippen molar-refractivity contribution in [2.45, 2.75) is 31.7 Å². The molecule has 0 amide bonds. The van der Waals surface area contributed by atoms with Crippen LogP contribution in [0.15, 0.2) is 24.4 Å². The predicted molar refractivity (Wildman–Crippen MR) is 98.5 cm³/mol. The van der Waals surface area contributed by atoms with Crippen molar-refractivity contribution in [1.29, 1.82) is 0 Å². The number of hydrogen-bond donors (Lipinski definition) is 1. The molecule has 136 valence electrons. The van der Waals surface area contributed by atoms with Gasteiger partial charge in [-0.1, -0.05) is 0 Å². The molecule has 0 spiro atoms. The second kappa shape index (κ2) is 7.44. The topological polar surface area (TPSA) is 31.5 Å². The summed E-state index contributed by atoms with van der Waals surface area (Å²) in [6.45, 7) is 9.64. The van der Waals surface area contributed by atoms with Gasteiger partial charge in [0, 0.05) is 42.8 Å². The van der Waals surface area contributed by atoms with E-state index in [1.807, 2.05) is 6.07 Å². The van der Waals surface area contributed by atoms with E-state index in [2.05, 4.69) is 27.9 Å². The summed E-state index contributed by atoms with van der Waals surface area (Å²) in [6.07, 6.45) is 4.44. The Morgan fingerprint density at radius 1 is 1.20 bits per heavy atom. The second-order valence-corrected chi connectivity index (χ2v) is 7.51. The normalized spacial score (nSPS) is 22.5. The van der Waals surface area contributed by atoms with Crippen LogP contribution in [-0.4, -0.2) is 66.8 Å². The standard InChI is InChI=1S/C20H28FN3O/c1-15(14-23-8-10-25-11-9-23)24-6-4-16(5-7-24)19-13-22-20-12-17(21)2-3-18(19)20/h2-3,12-13,15-16,22H,4-11,14H2,1H3. The van der Waals surface area contributed by atoms with Gasteiger partial charge in [-0.3, -0.25) is 9.80 Å². The number of nitrogens with zero attached hydrogens (tertiary/aromatic N) is 2. The van der Waals surface area contributed by atoms with Gasteiger partial charge in [-0.25, -0.2) is 4.39 Å². The summed E-state index contributed by atoms with van der Waals surface area (Å²) >= 11 is 0. The third-order valence-corrected chi connectivity index (χ3v) is 5.89. The van der Waals surface area contributed by atoms with E-state index >= 15 is 0 Å². The molecule has 25 heavy (non-hydrogen) atoms. The highest BCUT2D eigenvalue weighted by Gasteiger charge is 2.26. The number of benzene rings is 1. The molecule has 4 rings (SSSR count). The van der Waals surface area contributed by atoms with Gasteiger partial charge in [0.1, 0.15) is 5.82 Å². The minimum atomic E-state index is -0.173. The molecular weight excluding hydrogens is 317 g/mol. The van der Waals surface area contributed by atoms with Gasteiger partial charge in [0.2, 0.25) is 0 Å². The van der Waals surface area contributed by atoms with Gasteiger partial charge in [0.15, 0.2) is 0 Å². The molecular formula is C20H28FN3O. The number of morpholine rings is 1. The number of H-pyrrole nitrogens is 1. The Morgan fingerprint density at radius 2 is 1.96 bits per heavy atom. The first-order chi connectivity index (χ1) is 12.2. The lowest BCUT2D eigenvalue weighted by molar-refractivity contribution is 0.0218. The first kappa shape index (κ1) is 17.0. The van der Waals surface area contributed by atoms with Gasteiger partial charge < -0.3 is 9.72 Å². The number of rotatable bonds is 4. The second-order valence-electron chi connectivity index (χ2n) is 7.51. The highest BCUT2D eigenvalue weighted by Crippen LogP contribution is 2.33. The number of piperidine rings is 1. The fourth-order valence-electron chi connectivity index (χ4n) is 4.38. The van der Waals surface area contributed by atoms with Crippen molar-refractivity contribution >= 4 is 10.9 Å². The summed E-state index contributed by atoms with van der Waals surface area (Å²) in [5.41, 5.74) is 2.27. The summed E-state index contributed by atoms with van der Waals surface area (Å²) < 4.78 is 18.8. The Kier molecular flexibility index (Phi) is 5.06. The largest absolute Gasteiger partial charge is 0.379 e. The molecule has 2 aliphatic rings. The van der Waals surface area contributed by atoms with E-state index in [-0.39, 0.29) is 5.82 Å². The molecule has 2 saturated heterocycles. The van der Waals surface area contributed by atoms with E-state index < -0.39 is 0 Å². The third-order valence-electron chi connectivity index (χ3n) is 5.89. The van der Waals surface area contributed by atoms with E-state index in [0.717, 1.165) is 51.5 Å². The highest BCUT2D eigenvalue weighted by atomic mass is 19.1. The van der Waals surface area contributed by atoms with E-state index in [1.165, 1.54) is 23.8 Å². The van der Waals surface area contributed by atoms with Crippen molar-refractivity contribution in [2.75, 3.05) is 45.9 Å². The van der Waals surface area contributed by atoms with Crippen LogP contribution in [0.5, 0.6) is 0 Å². The Bertz CT molecular complexity index is 702.